The zero-order valence-corrected chi connectivity index (χ0v) is 23.3. The third kappa shape index (κ3) is 18.0. The summed E-state index contributed by atoms with van der Waals surface area (Å²) in [5.74, 6) is -1.13. The van der Waals surface area contributed by atoms with Crippen LogP contribution < -0.4 is 5.11 Å². The van der Waals surface area contributed by atoms with Crippen molar-refractivity contribution in [2.45, 2.75) is 130 Å². The van der Waals surface area contributed by atoms with Gasteiger partial charge in [0.15, 0.2) is 0 Å². The maximum Gasteiger partial charge on any atom is 0.0786 e. The van der Waals surface area contributed by atoms with Gasteiger partial charge in [-0.3, -0.25) is 0 Å². The molecule has 0 unspecified atom stereocenters. The molecule has 1 rings (SSSR count). The van der Waals surface area contributed by atoms with Crippen LogP contribution in [0.1, 0.15) is 141 Å². The van der Waals surface area contributed by atoms with Crippen LogP contribution in [-0.4, -0.2) is 36.6 Å². The van der Waals surface area contributed by atoms with E-state index >= 15 is 0 Å². The number of hydrogen-bond donors (Lipinski definition) is 0. The molecule has 0 heterocycles. The molecule has 0 atom stereocenters. The number of carboxylic acid groups (broad SMARTS) is 1. The van der Waals surface area contributed by atoms with Crippen LogP contribution in [-0.2, 0) is 0 Å². The first-order chi connectivity index (χ1) is 16.5. The van der Waals surface area contributed by atoms with Gasteiger partial charge in [0.05, 0.1) is 32.1 Å². The summed E-state index contributed by atoms with van der Waals surface area (Å²) in [7, 11) is 0. The van der Waals surface area contributed by atoms with E-state index in [1.54, 1.807) is 18.2 Å². The van der Waals surface area contributed by atoms with E-state index in [-0.39, 0.29) is 5.56 Å². The number of unbranched alkanes of at least 4 members (excludes halogenated alkanes) is 14. The fourth-order valence-corrected chi connectivity index (χ4v) is 4.70. The van der Waals surface area contributed by atoms with Crippen LogP contribution in [0.4, 0.5) is 0 Å². The molecular weight excluding hydrogens is 418 g/mol. The minimum Gasteiger partial charge on any atom is -0.545 e. The van der Waals surface area contributed by atoms with Crippen molar-refractivity contribution in [2.75, 3.05) is 26.2 Å². The van der Waals surface area contributed by atoms with Crippen LogP contribution in [0.2, 0.25) is 0 Å². The van der Waals surface area contributed by atoms with Crippen molar-refractivity contribution < 1.29 is 14.4 Å². The summed E-state index contributed by atoms with van der Waals surface area (Å²) in [6, 6.07) is 8.06. The van der Waals surface area contributed by atoms with Gasteiger partial charge in [0.1, 0.15) is 0 Å². The van der Waals surface area contributed by atoms with Gasteiger partial charge in [-0.2, -0.15) is 0 Å². The Morgan fingerprint density at radius 2 is 0.941 bits per heavy atom. The van der Waals surface area contributed by atoms with Crippen LogP contribution in [0.3, 0.4) is 0 Å². The molecule has 3 heteroatoms. The first-order valence-corrected chi connectivity index (χ1v) is 14.7. The number of benzene rings is 1. The molecule has 1 aromatic rings. The lowest BCUT2D eigenvalue weighted by Crippen LogP contribution is -2.49. The van der Waals surface area contributed by atoms with E-state index in [9.17, 15) is 9.90 Å². The first kappa shape index (κ1) is 32.7. The zero-order valence-electron chi connectivity index (χ0n) is 23.3. The van der Waals surface area contributed by atoms with Gasteiger partial charge in [0.2, 0.25) is 0 Å². The van der Waals surface area contributed by atoms with Crippen LogP contribution in [0.15, 0.2) is 30.3 Å². The van der Waals surface area contributed by atoms with E-state index < -0.39 is 5.97 Å². The summed E-state index contributed by atoms with van der Waals surface area (Å²) in [6.45, 7) is 15.0. The highest BCUT2D eigenvalue weighted by atomic mass is 16.4. The second-order valence-electron chi connectivity index (χ2n) is 10.0. The van der Waals surface area contributed by atoms with Gasteiger partial charge in [-0.25, -0.2) is 0 Å². The molecule has 0 saturated carbocycles. The van der Waals surface area contributed by atoms with Crippen molar-refractivity contribution in [3.8, 4) is 0 Å². The standard InChI is InChI=1S/C24H52N.C7H6O2/c1-5-9-11-13-15-17-19-21-23-25(7-3,8-4)24-22-20-18-16-14-12-10-6-2;8-7(9)6-4-2-1-3-5-6/h5-24H2,1-4H3;1-5H,(H,8,9)/q+1;/p-1. The summed E-state index contributed by atoms with van der Waals surface area (Å²) < 4.78 is 1.38. The van der Waals surface area contributed by atoms with E-state index in [1.807, 2.05) is 0 Å². The molecule has 0 bridgehead atoms. The van der Waals surface area contributed by atoms with Gasteiger partial charge in [-0.05, 0) is 45.1 Å². The van der Waals surface area contributed by atoms with Gasteiger partial charge in [0.25, 0.3) is 0 Å². The molecule has 0 aliphatic heterocycles. The van der Waals surface area contributed by atoms with Crippen LogP contribution >= 0.6 is 0 Å². The molecule has 0 N–H and O–H groups in total. The average Bonchev–Trinajstić information content (AvgIpc) is 2.87. The average molecular weight is 476 g/mol. The van der Waals surface area contributed by atoms with Crippen molar-refractivity contribution in [3.63, 3.8) is 0 Å². The second kappa shape index (κ2) is 23.4. The van der Waals surface area contributed by atoms with E-state index in [0.29, 0.717) is 0 Å². The molecule has 3 nitrogen and oxygen atoms in total. The van der Waals surface area contributed by atoms with Crippen molar-refractivity contribution >= 4 is 5.97 Å². The lowest BCUT2D eigenvalue weighted by atomic mass is 10.1. The van der Waals surface area contributed by atoms with Gasteiger partial charge >= 0.3 is 0 Å². The molecule has 0 aromatic heterocycles. The number of quaternary nitrogens is 1. The molecule has 198 valence electrons. The Morgan fingerprint density at radius 1 is 0.588 bits per heavy atom. The molecule has 0 saturated heterocycles. The summed E-state index contributed by atoms with van der Waals surface area (Å²) >= 11 is 0. The highest BCUT2D eigenvalue weighted by molar-refractivity contribution is 5.85. The molecule has 0 radical (unpaired) electrons. The third-order valence-electron chi connectivity index (χ3n) is 7.32. The summed E-state index contributed by atoms with van der Waals surface area (Å²) in [6.07, 6.45) is 23.1. The molecule has 0 aliphatic carbocycles. The minimum absolute atomic E-state index is 0.220. The molecule has 0 amide bonds. The normalized spacial score (nSPS) is 11.2. The number of nitrogens with zero attached hydrogens (tertiary/aromatic N) is 1. The number of carbonyl (C=O) groups excluding carboxylic acids is 1. The van der Waals surface area contributed by atoms with Gasteiger partial charge in [-0.1, -0.05) is 121 Å². The fourth-order valence-electron chi connectivity index (χ4n) is 4.70. The Morgan fingerprint density at radius 3 is 1.24 bits per heavy atom. The Bertz CT molecular complexity index is 532. The van der Waals surface area contributed by atoms with Crippen molar-refractivity contribution in [1.82, 2.24) is 0 Å². The largest absolute Gasteiger partial charge is 0.545 e. The fraction of sp³-hybridized carbons (Fsp3) is 0.774. The van der Waals surface area contributed by atoms with Crippen molar-refractivity contribution in [2.24, 2.45) is 0 Å². The summed E-state index contributed by atoms with van der Waals surface area (Å²) in [5, 5.41) is 10.1. The highest BCUT2D eigenvalue weighted by Crippen LogP contribution is 2.16. The van der Waals surface area contributed by atoms with Crippen molar-refractivity contribution in [3.05, 3.63) is 35.9 Å². The molecule has 0 fully saturated rings. The topological polar surface area (TPSA) is 40.1 Å². The maximum absolute atomic E-state index is 10.1. The van der Waals surface area contributed by atoms with Gasteiger partial charge < -0.3 is 14.4 Å². The molecule has 34 heavy (non-hydrogen) atoms. The van der Waals surface area contributed by atoms with Crippen LogP contribution in [0, 0.1) is 0 Å². The molecular formula is C31H57NO2. The summed E-state index contributed by atoms with van der Waals surface area (Å²) in [4.78, 5) is 10.1. The Kier molecular flexibility index (Phi) is 22.5. The lowest BCUT2D eigenvalue weighted by Gasteiger charge is -2.37. The minimum atomic E-state index is -1.13. The van der Waals surface area contributed by atoms with E-state index in [0.717, 1.165) is 0 Å². The van der Waals surface area contributed by atoms with Crippen LogP contribution in [0.5, 0.6) is 0 Å². The number of rotatable bonds is 21. The number of hydrogen-bond acceptors (Lipinski definition) is 2. The Hall–Kier alpha value is -1.35. The summed E-state index contributed by atoms with van der Waals surface area (Å²) in [5.41, 5.74) is 0.220. The van der Waals surface area contributed by atoms with E-state index in [2.05, 4.69) is 27.7 Å². The molecule has 0 aliphatic rings. The van der Waals surface area contributed by atoms with E-state index in [4.69, 9.17) is 0 Å². The van der Waals surface area contributed by atoms with Gasteiger partial charge in [0, 0.05) is 0 Å². The van der Waals surface area contributed by atoms with E-state index in [1.165, 1.54) is 146 Å². The van der Waals surface area contributed by atoms with Crippen molar-refractivity contribution in [1.29, 1.82) is 0 Å². The highest BCUT2D eigenvalue weighted by Gasteiger charge is 2.21. The quantitative estimate of drug-likeness (QED) is 0.133. The predicted molar refractivity (Wildman–Crippen MR) is 147 cm³/mol. The Balaban J connectivity index is 0.000000999. The third-order valence-corrected chi connectivity index (χ3v) is 7.32. The molecule has 1 aromatic carbocycles. The Labute approximate surface area is 212 Å². The zero-order chi connectivity index (χ0) is 25.3. The second-order valence-corrected chi connectivity index (χ2v) is 10.0. The molecule has 0 spiro atoms. The van der Waals surface area contributed by atoms with Crippen LogP contribution in [0.25, 0.3) is 0 Å². The SMILES string of the molecule is CCCCCCCCCC[N+](CC)(CC)CCCCCCCCCC.O=C([O-])c1ccccc1. The monoisotopic (exact) mass is 475 g/mol. The predicted octanol–water partition coefficient (Wildman–Crippen LogP) is 8.17. The van der Waals surface area contributed by atoms with Gasteiger partial charge in [-0.15, -0.1) is 0 Å². The lowest BCUT2D eigenvalue weighted by molar-refractivity contribution is -0.925. The number of carbonyl (C=O) groups is 1. The smallest absolute Gasteiger partial charge is 0.0786 e. The maximum atomic E-state index is 10.1. The number of aromatic carboxylic acids is 1. The number of carboxylic acids is 1. The first-order valence-electron chi connectivity index (χ1n) is 14.7.